The molecule has 0 spiro atoms. The van der Waals surface area contributed by atoms with Crippen molar-refractivity contribution in [3.8, 4) is 0 Å². The van der Waals surface area contributed by atoms with E-state index >= 15 is 0 Å². The van der Waals surface area contributed by atoms with Crippen LogP contribution in [0.15, 0.2) is 0 Å². The van der Waals surface area contributed by atoms with E-state index in [1.165, 1.54) is 0 Å². The zero-order valence-corrected chi connectivity index (χ0v) is 29.8. The van der Waals surface area contributed by atoms with E-state index in [4.69, 9.17) is 66.5 Å². The molecule has 29 heavy (non-hydrogen) atoms. The normalized spacial score (nSPS) is 8.28. The van der Waals surface area contributed by atoms with Gasteiger partial charge in [0.15, 0.2) is 0 Å². The van der Waals surface area contributed by atoms with Crippen molar-refractivity contribution in [1.82, 2.24) is 0 Å². The van der Waals surface area contributed by atoms with Crippen molar-refractivity contribution in [2.24, 2.45) is 0 Å². The third-order valence-corrected chi connectivity index (χ3v) is 0. The van der Waals surface area contributed by atoms with Crippen molar-refractivity contribution < 1.29 is 67.5 Å². The number of hydrogen-bond acceptors (Lipinski definition) is 0. The second-order valence-electron chi connectivity index (χ2n) is 7.18. The molecule has 0 bridgehead atoms. The maximum absolute atomic E-state index is 5.67. The van der Waals surface area contributed by atoms with Crippen LogP contribution < -0.4 is 56.6 Å². The summed E-state index contributed by atoms with van der Waals surface area (Å²) in [6, 6.07) is -2.19. The molecule has 2 nitrogen and oxygen atoms in total. The smallest absolute Gasteiger partial charge is 0.412 e. The second-order valence-corrected chi connectivity index (χ2v) is 39.7. The molecule has 0 aliphatic carbocycles. The first-order chi connectivity index (χ1) is 8.00. The van der Waals surface area contributed by atoms with Gasteiger partial charge in [0.1, 0.15) is 7.38 Å². The number of rotatable bonds is 0. The summed E-state index contributed by atoms with van der Waals surface area (Å²) in [7, 11) is -1.75. The second kappa shape index (κ2) is 39.5. The maximum Gasteiger partial charge on any atom is 1.00 e. The van der Waals surface area contributed by atoms with Crippen LogP contribution in [0.1, 0.15) is 7.43 Å². The van der Waals surface area contributed by atoms with Gasteiger partial charge in [-0.2, -0.15) is 11.1 Å². The summed E-state index contributed by atoms with van der Waals surface area (Å²) in [4.78, 5) is 0. The van der Waals surface area contributed by atoms with Gasteiger partial charge in [0, 0.05) is 8.07 Å². The van der Waals surface area contributed by atoms with Gasteiger partial charge in [-0.25, -0.2) is 0 Å². The molecule has 0 rings (SSSR count). The number of halogens is 6. The minimum Gasteiger partial charge on any atom is -0.412 e. The van der Waals surface area contributed by atoms with E-state index in [1.807, 2.05) is 13.1 Å². The van der Waals surface area contributed by atoms with Crippen LogP contribution in [0.3, 0.4) is 0 Å². The van der Waals surface area contributed by atoms with Crippen molar-refractivity contribution in [2.45, 2.75) is 72.9 Å². The van der Waals surface area contributed by atoms with Crippen LogP contribution in [-0.2, 0) is 0 Å². The van der Waals surface area contributed by atoms with Crippen molar-refractivity contribution in [1.29, 1.82) is 0 Å². The van der Waals surface area contributed by atoms with Crippen LogP contribution in [0.2, 0.25) is 65.5 Å². The van der Waals surface area contributed by atoms with E-state index in [-0.39, 0.29) is 97.2 Å². The molecule has 0 saturated carbocycles. The molecular formula is C14H47Cl6Li3O2Si4. The van der Waals surface area contributed by atoms with Crippen LogP contribution in [0.4, 0.5) is 0 Å². The molecule has 0 aromatic heterocycles. The third-order valence-electron chi connectivity index (χ3n) is 0. The predicted octanol–water partition coefficient (Wildman–Crippen LogP) is -0.199. The van der Waals surface area contributed by atoms with Crippen LogP contribution in [0, 0.1) is 22.3 Å². The largest absolute Gasteiger partial charge is 1.00 e. The summed E-state index contributed by atoms with van der Waals surface area (Å²) in [5.41, 5.74) is 0. The first-order valence-electron chi connectivity index (χ1n) is 6.13. The summed E-state index contributed by atoms with van der Waals surface area (Å²) >= 11 is 32.1. The molecule has 0 fully saturated rings. The van der Waals surface area contributed by atoms with E-state index < -0.39 is 28.2 Å². The Balaban J connectivity index is -0.00000000970. The van der Waals surface area contributed by atoms with Crippen molar-refractivity contribution in [3.05, 3.63) is 22.3 Å². The molecular weight excluding hydrogens is 546 g/mol. The average molecular weight is 593 g/mol. The first-order valence-corrected chi connectivity index (χ1v) is 25.2. The maximum atomic E-state index is 5.67. The molecule has 0 heterocycles. The van der Waals surface area contributed by atoms with Gasteiger partial charge in [0.05, 0.1) is 0 Å². The Morgan fingerprint density at radius 1 is 0.448 bits per heavy atom. The molecule has 176 valence electrons. The SMILES string of the molecule is C.C[Si](C)(C)C.C[Si](C)(C)Cl.C[Si](C)(Cl)Cl.C[Si](Cl)(Cl)Cl.O.O.[CH3-].[CH3-].[CH3-].[Li+].[Li+].[Li+]. The Bertz CT molecular complexity index is 167. The van der Waals surface area contributed by atoms with E-state index in [0.717, 1.165) is 0 Å². The molecule has 0 aromatic carbocycles. The van der Waals surface area contributed by atoms with Gasteiger partial charge in [0.2, 0.25) is 6.69 Å². The van der Waals surface area contributed by atoms with Crippen molar-refractivity contribution in [2.75, 3.05) is 0 Å². The van der Waals surface area contributed by atoms with Gasteiger partial charge in [0.25, 0.3) is 0 Å². The standard InChI is InChI=1S/C4H12Si.C3H9ClSi.C2H6Cl2Si.CH3Cl3Si.CH4.3CH3.3Li.2H2O/c4*1-5(2,3)4;;;;;;;;;/h1-4H3;1-3H3;1-2H3;1H3;1H4;3*1H3;;;;2*1H2/q;;;;;3*-1;3*+1;;. The Hall–Kier alpha value is 4.32. The van der Waals surface area contributed by atoms with Gasteiger partial charge < -0.3 is 33.2 Å². The van der Waals surface area contributed by atoms with E-state index in [9.17, 15) is 0 Å². The zero-order chi connectivity index (χ0) is 18.0. The van der Waals surface area contributed by atoms with Gasteiger partial charge in [-0.1, -0.05) is 53.3 Å². The zero-order valence-electron chi connectivity index (χ0n) is 21.3. The third kappa shape index (κ3) is 1590. The van der Waals surface area contributed by atoms with Gasteiger partial charge in [-0.15, -0.1) is 55.4 Å². The van der Waals surface area contributed by atoms with E-state index in [0.29, 0.717) is 0 Å². The minimum atomic E-state index is -2.19. The van der Waals surface area contributed by atoms with Crippen LogP contribution in [-0.4, -0.2) is 39.1 Å². The molecule has 0 aliphatic rings. The Morgan fingerprint density at radius 2 is 0.448 bits per heavy atom. The first kappa shape index (κ1) is 84.3. The fraction of sp³-hybridized carbons (Fsp3) is 0.786. The summed E-state index contributed by atoms with van der Waals surface area (Å²) < 4.78 is 0. The molecule has 0 atom stereocenters. The predicted molar refractivity (Wildman–Crippen MR) is 150 cm³/mol. The minimum absolute atomic E-state index is 0. The van der Waals surface area contributed by atoms with Gasteiger partial charge in [-0.3, -0.25) is 0 Å². The summed E-state index contributed by atoms with van der Waals surface area (Å²) in [5, 5.41) is 0. The topological polar surface area (TPSA) is 63.0 Å². The Labute approximate surface area is 254 Å². The van der Waals surface area contributed by atoms with Crippen LogP contribution >= 0.6 is 66.5 Å². The van der Waals surface area contributed by atoms with E-state index in [1.54, 1.807) is 6.55 Å². The summed E-state index contributed by atoms with van der Waals surface area (Å²) in [6.07, 6.45) is 0. The summed E-state index contributed by atoms with van der Waals surface area (Å²) in [5.74, 6) is 0. The Morgan fingerprint density at radius 3 is 0.448 bits per heavy atom. The van der Waals surface area contributed by atoms with Gasteiger partial charge >= 0.3 is 62.6 Å². The van der Waals surface area contributed by atoms with Crippen LogP contribution in [0.5, 0.6) is 0 Å². The molecule has 4 N–H and O–H groups in total. The molecule has 0 saturated heterocycles. The molecule has 0 aliphatic heterocycles. The quantitative estimate of drug-likeness (QED) is 0.213. The fourth-order valence-electron chi connectivity index (χ4n) is 0. The molecule has 0 aromatic rings. The monoisotopic (exact) mass is 590 g/mol. The van der Waals surface area contributed by atoms with Crippen molar-refractivity contribution in [3.63, 3.8) is 0 Å². The summed E-state index contributed by atoms with van der Waals surface area (Å²) in [6.45, 7) is 19.3. The molecule has 15 heteroatoms. The Kier molecular flexibility index (Phi) is 115. The molecule has 0 radical (unpaired) electrons. The van der Waals surface area contributed by atoms with Crippen LogP contribution in [0.25, 0.3) is 0 Å². The van der Waals surface area contributed by atoms with E-state index in [2.05, 4.69) is 45.8 Å². The van der Waals surface area contributed by atoms with Crippen molar-refractivity contribution >= 4 is 94.6 Å². The average Bonchev–Trinajstić information content (AvgIpc) is 1.62. The van der Waals surface area contributed by atoms with Gasteiger partial charge in [-0.05, 0) is 19.6 Å². The molecule has 0 amide bonds. The molecule has 0 unspecified atom stereocenters. The number of hydrogen-bond donors (Lipinski definition) is 0. The fourth-order valence-corrected chi connectivity index (χ4v) is 0.